The lowest BCUT2D eigenvalue weighted by molar-refractivity contribution is 0.0696. The molecule has 0 aliphatic rings. The summed E-state index contributed by atoms with van der Waals surface area (Å²) in [6.45, 7) is 2.42. The summed E-state index contributed by atoms with van der Waals surface area (Å²) in [7, 11) is 0. The van der Waals surface area contributed by atoms with Crippen molar-refractivity contribution in [1.29, 1.82) is 0 Å². The predicted octanol–water partition coefficient (Wildman–Crippen LogP) is 2.20. The Bertz CT molecular complexity index is 636. The van der Waals surface area contributed by atoms with Gasteiger partial charge in [0.2, 0.25) is 0 Å². The van der Waals surface area contributed by atoms with E-state index >= 15 is 0 Å². The molecule has 1 heterocycles. The van der Waals surface area contributed by atoms with Crippen molar-refractivity contribution in [2.24, 2.45) is 0 Å². The van der Waals surface area contributed by atoms with Gasteiger partial charge in [-0.1, -0.05) is 12.1 Å². The molecule has 5 heteroatoms. The predicted molar refractivity (Wildman–Crippen MR) is 74.6 cm³/mol. The Hall–Kier alpha value is -2.69. The Kier molecular flexibility index (Phi) is 4.10. The van der Waals surface area contributed by atoms with Gasteiger partial charge in [-0.2, -0.15) is 0 Å². The van der Waals surface area contributed by atoms with Crippen LogP contribution < -0.4 is 5.32 Å². The molecule has 0 radical (unpaired) electrons. The van der Waals surface area contributed by atoms with Crippen LogP contribution in [0.1, 0.15) is 27.6 Å². The van der Waals surface area contributed by atoms with E-state index in [0.29, 0.717) is 17.8 Å². The SMILES string of the molecule is CCNC(=O)c1cccc(-c2ccc(C(=O)O)cn2)c1. The zero-order chi connectivity index (χ0) is 14.5. The van der Waals surface area contributed by atoms with Crippen molar-refractivity contribution in [3.63, 3.8) is 0 Å². The molecule has 0 atom stereocenters. The van der Waals surface area contributed by atoms with Crippen molar-refractivity contribution >= 4 is 11.9 Å². The first-order chi connectivity index (χ1) is 9.61. The van der Waals surface area contributed by atoms with Gasteiger partial charge in [0.1, 0.15) is 0 Å². The van der Waals surface area contributed by atoms with Crippen LogP contribution >= 0.6 is 0 Å². The molecule has 0 aliphatic carbocycles. The molecule has 0 saturated carbocycles. The average molecular weight is 270 g/mol. The summed E-state index contributed by atoms with van der Waals surface area (Å²) < 4.78 is 0. The van der Waals surface area contributed by atoms with Crippen molar-refractivity contribution in [2.75, 3.05) is 6.54 Å². The van der Waals surface area contributed by atoms with Crippen molar-refractivity contribution < 1.29 is 14.7 Å². The fraction of sp³-hybridized carbons (Fsp3) is 0.133. The number of aromatic carboxylic acids is 1. The molecule has 5 nitrogen and oxygen atoms in total. The molecule has 102 valence electrons. The molecule has 1 aromatic heterocycles. The number of amides is 1. The zero-order valence-corrected chi connectivity index (χ0v) is 11.0. The lowest BCUT2D eigenvalue weighted by Gasteiger charge is -2.05. The summed E-state index contributed by atoms with van der Waals surface area (Å²) in [6.07, 6.45) is 1.30. The second kappa shape index (κ2) is 5.97. The van der Waals surface area contributed by atoms with Gasteiger partial charge in [-0.25, -0.2) is 4.79 Å². The standard InChI is InChI=1S/C15H14N2O3/c1-2-16-14(18)11-5-3-4-10(8-11)13-7-6-12(9-17-13)15(19)20/h3-9H,2H2,1H3,(H,16,18)(H,19,20). The molecule has 20 heavy (non-hydrogen) atoms. The number of nitrogens with one attached hydrogen (secondary N) is 1. The van der Waals surface area contributed by atoms with Gasteiger partial charge in [-0.15, -0.1) is 0 Å². The number of aromatic nitrogens is 1. The van der Waals surface area contributed by atoms with Crippen molar-refractivity contribution in [3.05, 3.63) is 53.7 Å². The van der Waals surface area contributed by atoms with Gasteiger partial charge in [0.15, 0.2) is 0 Å². The Morgan fingerprint density at radius 1 is 1.20 bits per heavy atom. The number of benzene rings is 1. The molecule has 0 saturated heterocycles. The van der Waals surface area contributed by atoms with E-state index in [1.165, 1.54) is 12.3 Å². The van der Waals surface area contributed by atoms with E-state index in [0.717, 1.165) is 5.56 Å². The molecular weight excluding hydrogens is 256 g/mol. The van der Waals surface area contributed by atoms with Crippen molar-refractivity contribution in [3.8, 4) is 11.3 Å². The average Bonchev–Trinajstić information content (AvgIpc) is 2.48. The highest BCUT2D eigenvalue weighted by Gasteiger charge is 2.08. The molecule has 0 bridgehead atoms. The summed E-state index contributed by atoms with van der Waals surface area (Å²) >= 11 is 0. The zero-order valence-electron chi connectivity index (χ0n) is 11.0. The number of hydrogen-bond donors (Lipinski definition) is 2. The van der Waals surface area contributed by atoms with Gasteiger partial charge < -0.3 is 10.4 Å². The summed E-state index contributed by atoms with van der Waals surface area (Å²) in [5.74, 6) is -1.16. The summed E-state index contributed by atoms with van der Waals surface area (Å²) in [5.41, 5.74) is 2.08. The third kappa shape index (κ3) is 3.00. The first-order valence-corrected chi connectivity index (χ1v) is 6.20. The maximum Gasteiger partial charge on any atom is 0.337 e. The van der Waals surface area contributed by atoms with Gasteiger partial charge in [0.25, 0.3) is 5.91 Å². The van der Waals surface area contributed by atoms with E-state index in [-0.39, 0.29) is 11.5 Å². The quantitative estimate of drug-likeness (QED) is 0.892. The van der Waals surface area contributed by atoms with Gasteiger partial charge >= 0.3 is 5.97 Å². The molecular formula is C15H14N2O3. The van der Waals surface area contributed by atoms with Gasteiger partial charge in [-0.3, -0.25) is 9.78 Å². The largest absolute Gasteiger partial charge is 0.478 e. The number of rotatable bonds is 4. The summed E-state index contributed by atoms with van der Waals surface area (Å²) in [4.78, 5) is 26.6. The molecule has 2 aromatic rings. The molecule has 2 N–H and O–H groups in total. The van der Waals surface area contributed by atoms with Crippen LogP contribution in [0.5, 0.6) is 0 Å². The smallest absolute Gasteiger partial charge is 0.337 e. The van der Waals surface area contributed by atoms with E-state index in [9.17, 15) is 9.59 Å². The van der Waals surface area contributed by atoms with E-state index in [1.54, 1.807) is 24.3 Å². The van der Waals surface area contributed by atoms with Crippen LogP contribution in [0.15, 0.2) is 42.6 Å². The third-order valence-electron chi connectivity index (χ3n) is 2.77. The van der Waals surface area contributed by atoms with Gasteiger partial charge in [-0.05, 0) is 31.2 Å². The highest BCUT2D eigenvalue weighted by Crippen LogP contribution is 2.18. The van der Waals surface area contributed by atoms with Crippen LogP contribution in [0.25, 0.3) is 11.3 Å². The van der Waals surface area contributed by atoms with Crippen LogP contribution in [0, 0.1) is 0 Å². The molecule has 0 unspecified atom stereocenters. The molecule has 2 rings (SSSR count). The van der Waals surface area contributed by atoms with E-state index in [4.69, 9.17) is 5.11 Å². The molecule has 1 amide bonds. The number of carboxylic acid groups (broad SMARTS) is 1. The summed E-state index contributed by atoms with van der Waals surface area (Å²) in [5, 5.41) is 11.6. The van der Waals surface area contributed by atoms with Crippen molar-refractivity contribution in [2.45, 2.75) is 6.92 Å². The summed E-state index contributed by atoms with van der Waals surface area (Å²) in [6, 6.07) is 10.2. The maximum atomic E-state index is 11.8. The second-order valence-corrected chi connectivity index (χ2v) is 4.18. The monoisotopic (exact) mass is 270 g/mol. The van der Waals surface area contributed by atoms with E-state index in [1.807, 2.05) is 13.0 Å². The van der Waals surface area contributed by atoms with Gasteiger partial charge in [0.05, 0.1) is 11.3 Å². The lowest BCUT2D eigenvalue weighted by atomic mass is 10.1. The molecule has 0 aliphatic heterocycles. The minimum atomic E-state index is -1.01. The number of carboxylic acids is 1. The number of carbonyl (C=O) groups excluding carboxylic acids is 1. The van der Waals surface area contributed by atoms with Crippen LogP contribution in [0.3, 0.4) is 0 Å². The number of pyridine rings is 1. The number of carbonyl (C=O) groups is 2. The Morgan fingerprint density at radius 2 is 2.00 bits per heavy atom. The highest BCUT2D eigenvalue weighted by molar-refractivity contribution is 5.95. The normalized spacial score (nSPS) is 10.1. The fourth-order valence-electron chi connectivity index (χ4n) is 1.77. The topological polar surface area (TPSA) is 79.3 Å². The number of hydrogen-bond acceptors (Lipinski definition) is 3. The van der Waals surface area contributed by atoms with E-state index < -0.39 is 5.97 Å². The van der Waals surface area contributed by atoms with E-state index in [2.05, 4.69) is 10.3 Å². The van der Waals surface area contributed by atoms with Crippen LogP contribution in [-0.2, 0) is 0 Å². The van der Waals surface area contributed by atoms with Crippen molar-refractivity contribution in [1.82, 2.24) is 10.3 Å². The highest BCUT2D eigenvalue weighted by atomic mass is 16.4. The first-order valence-electron chi connectivity index (χ1n) is 6.20. The lowest BCUT2D eigenvalue weighted by Crippen LogP contribution is -2.22. The maximum absolute atomic E-state index is 11.8. The second-order valence-electron chi connectivity index (χ2n) is 4.18. The Labute approximate surface area is 116 Å². The van der Waals surface area contributed by atoms with Crippen LogP contribution in [-0.4, -0.2) is 28.5 Å². The number of nitrogens with zero attached hydrogens (tertiary/aromatic N) is 1. The minimum absolute atomic E-state index is 0.133. The third-order valence-corrected chi connectivity index (χ3v) is 2.77. The first kappa shape index (κ1) is 13.7. The minimum Gasteiger partial charge on any atom is -0.478 e. The molecule has 1 aromatic carbocycles. The Morgan fingerprint density at radius 3 is 2.60 bits per heavy atom. The fourth-order valence-corrected chi connectivity index (χ4v) is 1.77. The van der Waals surface area contributed by atoms with Crippen LogP contribution in [0.2, 0.25) is 0 Å². The Balaban J connectivity index is 2.31. The molecule has 0 fully saturated rings. The van der Waals surface area contributed by atoms with Gasteiger partial charge in [0, 0.05) is 23.9 Å². The molecule has 0 spiro atoms. The van der Waals surface area contributed by atoms with Crippen LogP contribution in [0.4, 0.5) is 0 Å².